The van der Waals surface area contributed by atoms with Crippen LogP contribution in [0.1, 0.15) is 5.56 Å². The first-order valence-corrected chi connectivity index (χ1v) is 5.18. The minimum absolute atomic E-state index is 0.394. The van der Waals surface area contributed by atoms with Crippen molar-refractivity contribution >= 4 is 15.9 Å². The van der Waals surface area contributed by atoms with Gasteiger partial charge in [-0.15, -0.1) is 0 Å². The Hall–Kier alpha value is -1.50. The van der Waals surface area contributed by atoms with Gasteiger partial charge in [0.05, 0.1) is 5.56 Å². The molecule has 0 fully saturated rings. The van der Waals surface area contributed by atoms with Crippen LogP contribution in [0.3, 0.4) is 0 Å². The highest BCUT2D eigenvalue weighted by Gasteiger charge is 2.30. The summed E-state index contributed by atoms with van der Waals surface area (Å²) in [6, 6.07) is 4.00. The van der Waals surface area contributed by atoms with E-state index in [-0.39, 0.29) is 0 Å². The average Bonchev–Trinajstić information content (AvgIpc) is 2.31. The highest BCUT2D eigenvalue weighted by atomic mass is 79.9. The molecule has 0 aliphatic rings. The van der Waals surface area contributed by atoms with Gasteiger partial charge >= 0.3 is 6.18 Å². The quantitative estimate of drug-likeness (QED) is 0.701. The van der Waals surface area contributed by atoms with Gasteiger partial charge in [0.25, 0.3) is 0 Å². The molecule has 0 saturated carbocycles. The fraction of sp³-hybridized carbons (Fsp3) is 0.100. The van der Waals surface area contributed by atoms with E-state index in [0.717, 1.165) is 12.3 Å². The third-order valence-corrected chi connectivity index (χ3v) is 2.00. The van der Waals surface area contributed by atoms with Gasteiger partial charge < -0.3 is 0 Å². The molecule has 2 aromatic rings. The van der Waals surface area contributed by atoms with Crippen LogP contribution in [0.5, 0.6) is 0 Å². The highest BCUT2D eigenvalue weighted by molar-refractivity contribution is 9.10. The second-order valence-corrected chi connectivity index (χ2v) is 3.58. The fourth-order valence-corrected chi connectivity index (χ4v) is 1.03. The fourth-order valence-electron chi connectivity index (χ4n) is 0.797. The van der Waals surface area contributed by atoms with Gasteiger partial charge in [-0.3, -0.25) is 0 Å². The van der Waals surface area contributed by atoms with Crippen LogP contribution < -0.4 is 0 Å². The molecular weight excluding hydrogens is 299 g/mol. The van der Waals surface area contributed by atoms with Gasteiger partial charge in [-0.1, -0.05) is 0 Å². The Bertz CT molecular complexity index is 404. The molecule has 0 atom stereocenters. The van der Waals surface area contributed by atoms with Crippen LogP contribution >= 0.6 is 15.9 Å². The minimum atomic E-state index is -4.30. The van der Waals surface area contributed by atoms with E-state index in [1.165, 1.54) is 12.4 Å². The molecule has 3 nitrogen and oxygen atoms in total. The molecule has 0 amide bonds. The Balaban J connectivity index is 0.000000202. The van der Waals surface area contributed by atoms with E-state index in [0.29, 0.717) is 4.60 Å². The summed E-state index contributed by atoms with van der Waals surface area (Å²) in [6.45, 7) is 0. The maximum Gasteiger partial charge on any atom is 0.417 e. The van der Waals surface area contributed by atoms with Crippen molar-refractivity contribution in [2.24, 2.45) is 0 Å². The van der Waals surface area contributed by atoms with E-state index in [2.05, 4.69) is 30.9 Å². The first kappa shape index (κ1) is 13.6. The van der Waals surface area contributed by atoms with Crippen LogP contribution in [0.2, 0.25) is 0 Å². The second kappa shape index (κ2) is 6.29. The van der Waals surface area contributed by atoms with E-state index < -0.39 is 11.7 Å². The summed E-state index contributed by atoms with van der Waals surface area (Å²) in [4.78, 5) is 10.8. The molecule has 0 aromatic carbocycles. The monoisotopic (exact) mass is 305 g/mol. The van der Waals surface area contributed by atoms with Crippen molar-refractivity contribution in [1.82, 2.24) is 15.0 Å². The molecule has 2 aromatic heterocycles. The maximum absolute atomic E-state index is 11.9. The lowest BCUT2D eigenvalue weighted by Crippen LogP contribution is -2.04. The van der Waals surface area contributed by atoms with Crippen molar-refractivity contribution in [3.05, 3.63) is 53.3 Å². The lowest BCUT2D eigenvalue weighted by molar-refractivity contribution is -0.137. The SMILES string of the molecule is FC(F)(F)c1ccc(Br)nc1.c1cncnc1. The topological polar surface area (TPSA) is 38.7 Å². The predicted molar refractivity (Wildman–Crippen MR) is 59.0 cm³/mol. The van der Waals surface area contributed by atoms with Crippen LogP contribution in [-0.4, -0.2) is 15.0 Å². The van der Waals surface area contributed by atoms with E-state index in [1.54, 1.807) is 18.5 Å². The van der Waals surface area contributed by atoms with Gasteiger partial charge in [-0.2, -0.15) is 13.2 Å². The number of hydrogen-bond donors (Lipinski definition) is 0. The summed E-state index contributed by atoms with van der Waals surface area (Å²) in [5, 5.41) is 0. The van der Waals surface area contributed by atoms with E-state index >= 15 is 0 Å². The second-order valence-electron chi connectivity index (χ2n) is 2.77. The number of rotatable bonds is 0. The number of alkyl halides is 3. The first-order chi connectivity index (χ1) is 8.00. The van der Waals surface area contributed by atoms with E-state index in [4.69, 9.17) is 0 Å². The number of pyridine rings is 1. The smallest absolute Gasteiger partial charge is 0.249 e. The number of aromatic nitrogens is 3. The molecule has 0 unspecified atom stereocenters. The number of halogens is 4. The Morgan fingerprint density at radius 2 is 1.71 bits per heavy atom. The molecule has 90 valence electrons. The normalized spacial score (nSPS) is 10.4. The maximum atomic E-state index is 11.9. The summed E-state index contributed by atoms with van der Waals surface area (Å²) in [6.07, 6.45) is 1.36. The van der Waals surface area contributed by atoms with Crippen molar-refractivity contribution in [2.45, 2.75) is 6.18 Å². The third-order valence-electron chi connectivity index (χ3n) is 1.53. The summed E-state index contributed by atoms with van der Waals surface area (Å²) in [5.41, 5.74) is -0.735. The Labute approximate surface area is 104 Å². The molecule has 0 aliphatic carbocycles. The van der Waals surface area contributed by atoms with Gasteiger partial charge in [0.2, 0.25) is 0 Å². The molecule has 0 aliphatic heterocycles. The standard InChI is InChI=1S/C6H3BrF3N.C4H4N2/c7-5-2-1-4(3-11-5)6(8,9)10;1-2-5-4-6-3-1/h1-3H;1-4H. The minimum Gasteiger partial charge on any atom is -0.249 e. The van der Waals surface area contributed by atoms with Gasteiger partial charge in [0.1, 0.15) is 10.9 Å². The summed E-state index contributed by atoms with van der Waals surface area (Å²) in [7, 11) is 0. The first-order valence-electron chi connectivity index (χ1n) is 4.39. The Morgan fingerprint density at radius 1 is 1.06 bits per heavy atom. The number of hydrogen-bond acceptors (Lipinski definition) is 3. The van der Waals surface area contributed by atoms with Crippen molar-refractivity contribution in [1.29, 1.82) is 0 Å². The Morgan fingerprint density at radius 3 is 2.00 bits per heavy atom. The third kappa shape index (κ3) is 5.39. The molecule has 17 heavy (non-hydrogen) atoms. The van der Waals surface area contributed by atoms with Gasteiger partial charge in [0, 0.05) is 18.6 Å². The number of nitrogens with zero attached hydrogens (tertiary/aromatic N) is 3. The molecule has 2 rings (SSSR count). The lowest BCUT2D eigenvalue weighted by Gasteiger charge is -2.04. The van der Waals surface area contributed by atoms with Crippen molar-refractivity contribution in [3.63, 3.8) is 0 Å². The molecular formula is C10H7BrF3N3. The van der Waals surface area contributed by atoms with Gasteiger partial charge in [0.15, 0.2) is 0 Å². The summed E-state index contributed by atoms with van der Waals surface area (Å²) < 4.78 is 36.0. The van der Waals surface area contributed by atoms with E-state index in [9.17, 15) is 13.2 Å². The molecule has 0 bridgehead atoms. The average molecular weight is 306 g/mol. The zero-order valence-electron chi connectivity index (χ0n) is 8.39. The summed E-state index contributed by atoms with van der Waals surface area (Å²) in [5.74, 6) is 0. The van der Waals surface area contributed by atoms with E-state index in [1.807, 2.05) is 0 Å². The van der Waals surface area contributed by atoms with Crippen LogP contribution in [0.25, 0.3) is 0 Å². The van der Waals surface area contributed by atoms with Gasteiger partial charge in [-0.25, -0.2) is 15.0 Å². The predicted octanol–water partition coefficient (Wildman–Crippen LogP) is 3.34. The van der Waals surface area contributed by atoms with Crippen LogP contribution in [-0.2, 0) is 6.18 Å². The van der Waals surface area contributed by atoms with Gasteiger partial charge in [-0.05, 0) is 34.1 Å². The Kier molecular flexibility index (Phi) is 5.02. The van der Waals surface area contributed by atoms with Crippen LogP contribution in [0.4, 0.5) is 13.2 Å². The largest absolute Gasteiger partial charge is 0.417 e. The van der Waals surface area contributed by atoms with Crippen molar-refractivity contribution in [2.75, 3.05) is 0 Å². The molecule has 0 saturated heterocycles. The molecule has 0 N–H and O–H groups in total. The molecule has 0 spiro atoms. The van der Waals surface area contributed by atoms with Crippen LogP contribution in [0, 0.1) is 0 Å². The molecule has 0 radical (unpaired) electrons. The highest BCUT2D eigenvalue weighted by Crippen LogP contribution is 2.28. The summed E-state index contributed by atoms with van der Waals surface area (Å²) >= 11 is 2.93. The van der Waals surface area contributed by atoms with Crippen molar-refractivity contribution in [3.8, 4) is 0 Å². The lowest BCUT2D eigenvalue weighted by atomic mass is 10.3. The zero-order chi connectivity index (χ0) is 12.7. The molecule has 7 heteroatoms. The van der Waals surface area contributed by atoms with Crippen molar-refractivity contribution < 1.29 is 13.2 Å². The molecule has 2 heterocycles. The van der Waals surface area contributed by atoms with Crippen LogP contribution in [0.15, 0.2) is 47.7 Å². The zero-order valence-corrected chi connectivity index (χ0v) is 9.98.